The number of hydrogen-bond donors (Lipinski definition) is 1. The van der Waals surface area contributed by atoms with Crippen molar-refractivity contribution in [2.75, 3.05) is 0 Å². The minimum Gasteiger partial charge on any atom is -0.260 e. The van der Waals surface area contributed by atoms with Gasteiger partial charge in [-0.15, -0.1) is 4.40 Å². The summed E-state index contributed by atoms with van der Waals surface area (Å²) in [6.45, 7) is 0. The molecule has 0 bridgehead atoms. The van der Waals surface area contributed by atoms with Gasteiger partial charge in [0.25, 0.3) is 10.0 Å². The van der Waals surface area contributed by atoms with E-state index in [-0.39, 0.29) is 10.7 Å². The van der Waals surface area contributed by atoms with Gasteiger partial charge in [0.15, 0.2) is 5.84 Å². The summed E-state index contributed by atoms with van der Waals surface area (Å²) >= 11 is 0. The van der Waals surface area contributed by atoms with E-state index >= 15 is 0 Å². The Balaban J connectivity index is 1.65. The standard InChI is InChI=1S/C18H13N3O2S/c22-24(23)17-11-4-3-10-16(17)18(21-24)20-19-12-14-8-5-7-13-6-1-2-9-15(13)14/h1-12H,(H,20,21). The van der Waals surface area contributed by atoms with Crippen LogP contribution in [0.3, 0.4) is 0 Å². The summed E-state index contributed by atoms with van der Waals surface area (Å²) in [4.78, 5) is 0.202. The molecule has 3 aromatic carbocycles. The van der Waals surface area contributed by atoms with Gasteiger partial charge >= 0.3 is 0 Å². The topological polar surface area (TPSA) is 70.9 Å². The van der Waals surface area contributed by atoms with Crippen molar-refractivity contribution < 1.29 is 8.42 Å². The van der Waals surface area contributed by atoms with Gasteiger partial charge in [0.05, 0.1) is 6.21 Å². The Bertz CT molecular complexity index is 1100. The highest BCUT2D eigenvalue weighted by atomic mass is 32.2. The third-order valence-electron chi connectivity index (χ3n) is 3.83. The van der Waals surface area contributed by atoms with E-state index in [1.54, 1.807) is 24.4 Å². The average Bonchev–Trinajstić information content (AvgIpc) is 2.86. The predicted molar refractivity (Wildman–Crippen MR) is 94.8 cm³/mol. The highest BCUT2D eigenvalue weighted by molar-refractivity contribution is 7.90. The van der Waals surface area contributed by atoms with E-state index in [1.807, 2.05) is 42.5 Å². The van der Waals surface area contributed by atoms with Gasteiger partial charge < -0.3 is 0 Å². The molecule has 0 aliphatic carbocycles. The zero-order chi connectivity index (χ0) is 16.6. The molecule has 0 atom stereocenters. The van der Waals surface area contributed by atoms with Crippen LogP contribution in [-0.2, 0) is 10.0 Å². The summed E-state index contributed by atoms with van der Waals surface area (Å²) in [5.74, 6) is 0.238. The van der Waals surface area contributed by atoms with Crippen molar-refractivity contribution in [3.8, 4) is 0 Å². The molecule has 6 heteroatoms. The van der Waals surface area contributed by atoms with Crippen molar-refractivity contribution in [3.05, 3.63) is 77.9 Å². The van der Waals surface area contributed by atoms with Crippen molar-refractivity contribution in [1.82, 2.24) is 5.43 Å². The Hall–Kier alpha value is -2.99. The molecule has 5 nitrogen and oxygen atoms in total. The van der Waals surface area contributed by atoms with Crippen molar-refractivity contribution in [2.24, 2.45) is 9.50 Å². The number of benzene rings is 3. The predicted octanol–water partition coefficient (Wildman–Crippen LogP) is 2.91. The molecule has 0 spiro atoms. The maximum Gasteiger partial charge on any atom is 0.285 e. The maximum atomic E-state index is 12.0. The van der Waals surface area contributed by atoms with Crippen LogP contribution in [0.4, 0.5) is 0 Å². The number of sulfonamides is 1. The molecular weight excluding hydrogens is 322 g/mol. The molecule has 0 radical (unpaired) electrons. The van der Waals surface area contributed by atoms with Crippen molar-refractivity contribution in [2.45, 2.75) is 4.90 Å². The number of amidine groups is 1. The minimum atomic E-state index is -3.63. The first-order valence-electron chi connectivity index (χ1n) is 7.36. The Morgan fingerprint density at radius 3 is 2.58 bits per heavy atom. The monoisotopic (exact) mass is 335 g/mol. The molecule has 1 heterocycles. The maximum absolute atomic E-state index is 12.0. The summed E-state index contributed by atoms with van der Waals surface area (Å²) < 4.78 is 27.7. The van der Waals surface area contributed by atoms with Crippen LogP contribution in [0.1, 0.15) is 11.1 Å². The Morgan fingerprint density at radius 2 is 1.67 bits per heavy atom. The summed E-state index contributed by atoms with van der Waals surface area (Å²) in [6.07, 6.45) is 1.67. The van der Waals surface area contributed by atoms with Crippen LogP contribution in [0.15, 0.2) is 81.1 Å². The normalized spacial score (nSPS) is 15.4. The lowest BCUT2D eigenvalue weighted by Gasteiger charge is -2.02. The lowest BCUT2D eigenvalue weighted by atomic mass is 10.1. The fourth-order valence-corrected chi connectivity index (χ4v) is 3.88. The fraction of sp³-hybridized carbons (Fsp3) is 0. The van der Waals surface area contributed by atoms with Crippen LogP contribution in [0.25, 0.3) is 10.8 Å². The van der Waals surface area contributed by atoms with Crippen molar-refractivity contribution in [1.29, 1.82) is 0 Å². The first kappa shape index (κ1) is 14.6. The van der Waals surface area contributed by atoms with E-state index in [1.165, 1.54) is 6.07 Å². The largest absolute Gasteiger partial charge is 0.285 e. The molecular formula is C18H13N3O2S. The van der Waals surface area contributed by atoms with Gasteiger partial charge in [-0.3, -0.25) is 5.43 Å². The first-order valence-corrected chi connectivity index (χ1v) is 8.80. The van der Waals surface area contributed by atoms with Crippen molar-refractivity contribution >= 4 is 32.8 Å². The Labute approximate surface area is 139 Å². The number of rotatable bonds is 2. The molecule has 0 unspecified atom stereocenters. The second-order valence-electron chi connectivity index (χ2n) is 5.35. The molecule has 4 rings (SSSR count). The van der Waals surface area contributed by atoms with E-state index in [0.29, 0.717) is 5.56 Å². The molecule has 24 heavy (non-hydrogen) atoms. The molecule has 0 aromatic heterocycles. The number of nitrogens with one attached hydrogen (secondary N) is 1. The van der Waals surface area contributed by atoms with Gasteiger partial charge in [0, 0.05) is 11.1 Å². The molecule has 1 N–H and O–H groups in total. The second-order valence-corrected chi connectivity index (χ2v) is 6.92. The summed E-state index contributed by atoms with van der Waals surface area (Å²) in [7, 11) is -3.63. The molecule has 1 aliphatic heterocycles. The second kappa shape index (κ2) is 5.58. The van der Waals surface area contributed by atoms with Gasteiger partial charge in [0.1, 0.15) is 4.90 Å². The molecule has 0 saturated carbocycles. The van der Waals surface area contributed by atoms with E-state index in [4.69, 9.17) is 0 Å². The van der Waals surface area contributed by atoms with Gasteiger partial charge in [-0.1, -0.05) is 54.6 Å². The van der Waals surface area contributed by atoms with E-state index in [2.05, 4.69) is 14.9 Å². The highest BCUT2D eigenvalue weighted by Gasteiger charge is 2.28. The van der Waals surface area contributed by atoms with E-state index in [9.17, 15) is 8.42 Å². The zero-order valence-corrected chi connectivity index (χ0v) is 13.4. The summed E-state index contributed by atoms with van der Waals surface area (Å²) in [5, 5.41) is 6.36. The lowest BCUT2D eigenvalue weighted by Crippen LogP contribution is -2.17. The smallest absolute Gasteiger partial charge is 0.260 e. The van der Waals surface area contributed by atoms with Crippen LogP contribution in [-0.4, -0.2) is 20.5 Å². The molecule has 0 amide bonds. The highest BCUT2D eigenvalue weighted by Crippen LogP contribution is 2.24. The summed E-state index contributed by atoms with van der Waals surface area (Å²) in [6, 6.07) is 20.6. The quantitative estimate of drug-likeness (QED) is 0.578. The first-order chi connectivity index (χ1) is 11.6. The number of hydrazone groups is 1. The third kappa shape index (κ3) is 2.47. The van der Waals surface area contributed by atoms with Gasteiger partial charge in [-0.25, -0.2) is 0 Å². The average molecular weight is 335 g/mol. The van der Waals surface area contributed by atoms with Crippen LogP contribution in [0, 0.1) is 0 Å². The Morgan fingerprint density at radius 1 is 0.917 bits per heavy atom. The van der Waals surface area contributed by atoms with Gasteiger partial charge in [-0.05, 0) is 22.9 Å². The van der Waals surface area contributed by atoms with Crippen molar-refractivity contribution in [3.63, 3.8) is 0 Å². The minimum absolute atomic E-state index is 0.202. The zero-order valence-electron chi connectivity index (χ0n) is 12.5. The molecule has 0 fully saturated rings. The van der Waals surface area contributed by atoms with E-state index in [0.717, 1.165) is 16.3 Å². The van der Waals surface area contributed by atoms with Crippen LogP contribution >= 0.6 is 0 Å². The van der Waals surface area contributed by atoms with Crippen LogP contribution < -0.4 is 5.43 Å². The van der Waals surface area contributed by atoms with Gasteiger partial charge in [0.2, 0.25) is 0 Å². The third-order valence-corrected chi connectivity index (χ3v) is 5.16. The van der Waals surface area contributed by atoms with Gasteiger partial charge in [-0.2, -0.15) is 13.5 Å². The fourth-order valence-electron chi connectivity index (χ4n) is 2.71. The van der Waals surface area contributed by atoms with E-state index < -0.39 is 10.0 Å². The molecule has 0 saturated heterocycles. The molecule has 118 valence electrons. The summed E-state index contributed by atoms with van der Waals surface area (Å²) in [5.41, 5.74) is 4.22. The Kier molecular flexibility index (Phi) is 3.39. The molecule has 3 aromatic rings. The number of nitrogens with zero attached hydrogens (tertiary/aromatic N) is 2. The van der Waals surface area contributed by atoms with Crippen LogP contribution in [0.2, 0.25) is 0 Å². The lowest BCUT2D eigenvalue weighted by molar-refractivity contribution is 0.599. The SMILES string of the molecule is O=S1(=O)N=C(NN=Cc2cccc3ccccc23)c2ccccc21. The number of fused-ring (bicyclic) bond motifs is 2. The number of hydrogen-bond acceptors (Lipinski definition) is 4. The van der Waals surface area contributed by atoms with Crippen LogP contribution in [0.5, 0.6) is 0 Å². The molecule has 1 aliphatic rings.